The lowest BCUT2D eigenvalue weighted by atomic mass is 9.82. The molecule has 21 heavy (non-hydrogen) atoms. The summed E-state index contributed by atoms with van der Waals surface area (Å²) < 4.78 is 0. The summed E-state index contributed by atoms with van der Waals surface area (Å²) in [5, 5.41) is 3.50. The van der Waals surface area contributed by atoms with Gasteiger partial charge in [-0.3, -0.25) is 14.5 Å². The quantitative estimate of drug-likeness (QED) is 0.847. The topological polar surface area (TPSA) is 49.4 Å². The molecule has 114 valence electrons. The smallest absolute Gasteiger partial charge is 0.229 e. The van der Waals surface area contributed by atoms with Crippen LogP contribution >= 0.6 is 0 Å². The van der Waals surface area contributed by atoms with Crippen molar-refractivity contribution in [3.8, 4) is 0 Å². The van der Waals surface area contributed by atoms with Crippen LogP contribution in [0.25, 0.3) is 0 Å². The SMILES string of the molecule is CC(C)(C)[C@@H](NCCN1C(=O)CCC1=O)c1ccccc1. The van der Waals surface area contributed by atoms with Crippen molar-refractivity contribution in [3.63, 3.8) is 0 Å². The molecule has 4 heteroatoms. The molecule has 0 aliphatic carbocycles. The lowest BCUT2D eigenvalue weighted by Gasteiger charge is -2.32. The van der Waals surface area contributed by atoms with Gasteiger partial charge >= 0.3 is 0 Å². The van der Waals surface area contributed by atoms with E-state index in [1.54, 1.807) is 0 Å². The van der Waals surface area contributed by atoms with Crippen LogP contribution in [0.1, 0.15) is 45.2 Å². The minimum absolute atomic E-state index is 0.0474. The number of nitrogens with one attached hydrogen (secondary N) is 1. The van der Waals surface area contributed by atoms with Gasteiger partial charge < -0.3 is 5.32 Å². The predicted octanol–water partition coefficient (Wildman–Crippen LogP) is 2.51. The Morgan fingerprint density at radius 1 is 1.10 bits per heavy atom. The maximum Gasteiger partial charge on any atom is 0.229 e. The van der Waals surface area contributed by atoms with Gasteiger partial charge in [0.2, 0.25) is 11.8 Å². The first-order valence-corrected chi connectivity index (χ1v) is 7.51. The molecule has 0 unspecified atom stereocenters. The molecule has 1 aliphatic rings. The van der Waals surface area contributed by atoms with Crippen LogP contribution in [-0.2, 0) is 9.59 Å². The van der Waals surface area contributed by atoms with E-state index in [4.69, 9.17) is 0 Å². The van der Waals surface area contributed by atoms with E-state index in [0.717, 1.165) is 0 Å². The molecule has 1 aliphatic heterocycles. The summed E-state index contributed by atoms with van der Waals surface area (Å²) in [5.74, 6) is -0.0948. The van der Waals surface area contributed by atoms with Crippen molar-refractivity contribution in [1.29, 1.82) is 0 Å². The largest absolute Gasteiger partial charge is 0.308 e. The Hall–Kier alpha value is -1.68. The predicted molar refractivity (Wildman–Crippen MR) is 82.6 cm³/mol. The number of imide groups is 1. The fourth-order valence-corrected chi connectivity index (χ4v) is 2.76. The minimum Gasteiger partial charge on any atom is -0.308 e. The Morgan fingerprint density at radius 3 is 2.19 bits per heavy atom. The number of amides is 2. The van der Waals surface area contributed by atoms with E-state index in [1.165, 1.54) is 10.5 Å². The first-order valence-electron chi connectivity index (χ1n) is 7.51. The molecule has 1 aromatic carbocycles. The second-order valence-electron chi connectivity index (χ2n) is 6.60. The summed E-state index contributed by atoms with van der Waals surface area (Å²) >= 11 is 0. The zero-order valence-electron chi connectivity index (χ0n) is 13.1. The molecular formula is C17H24N2O2. The normalized spacial score (nSPS) is 17.4. The first kappa shape index (κ1) is 15.7. The van der Waals surface area contributed by atoms with Gasteiger partial charge in [-0.25, -0.2) is 0 Å². The summed E-state index contributed by atoms with van der Waals surface area (Å²) in [6.45, 7) is 7.63. The number of hydrogen-bond acceptors (Lipinski definition) is 3. The van der Waals surface area contributed by atoms with E-state index in [2.05, 4.69) is 38.2 Å². The van der Waals surface area contributed by atoms with Gasteiger partial charge in [-0.2, -0.15) is 0 Å². The molecular weight excluding hydrogens is 264 g/mol. The van der Waals surface area contributed by atoms with E-state index in [-0.39, 0.29) is 23.3 Å². The number of rotatable bonds is 5. The molecule has 1 atom stereocenters. The van der Waals surface area contributed by atoms with Crippen molar-refractivity contribution in [3.05, 3.63) is 35.9 Å². The van der Waals surface area contributed by atoms with Gasteiger partial charge in [-0.05, 0) is 11.0 Å². The highest BCUT2D eigenvalue weighted by Crippen LogP contribution is 2.32. The summed E-state index contributed by atoms with van der Waals surface area (Å²) in [4.78, 5) is 24.6. The lowest BCUT2D eigenvalue weighted by Crippen LogP contribution is -2.40. The van der Waals surface area contributed by atoms with Crippen LogP contribution in [0.3, 0.4) is 0 Å². The maximum absolute atomic E-state index is 11.6. The molecule has 0 aromatic heterocycles. The standard InChI is InChI=1S/C17H24N2O2/c1-17(2,3)16(13-7-5-4-6-8-13)18-11-12-19-14(20)9-10-15(19)21/h4-8,16,18H,9-12H2,1-3H3/t16-/m0/s1. The number of nitrogens with zero attached hydrogens (tertiary/aromatic N) is 1. The number of carbonyl (C=O) groups is 2. The average Bonchev–Trinajstić information content (AvgIpc) is 2.74. The number of benzene rings is 1. The molecule has 2 amide bonds. The minimum atomic E-state index is -0.0474. The van der Waals surface area contributed by atoms with E-state index in [0.29, 0.717) is 25.9 Å². The van der Waals surface area contributed by atoms with E-state index >= 15 is 0 Å². The molecule has 2 rings (SSSR count). The van der Waals surface area contributed by atoms with Crippen molar-refractivity contribution in [1.82, 2.24) is 10.2 Å². The molecule has 1 heterocycles. The van der Waals surface area contributed by atoms with Crippen molar-refractivity contribution < 1.29 is 9.59 Å². The van der Waals surface area contributed by atoms with Gasteiger partial charge in [0.15, 0.2) is 0 Å². The van der Waals surface area contributed by atoms with Crippen LogP contribution in [0.15, 0.2) is 30.3 Å². The van der Waals surface area contributed by atoms with Gasteiger partial charge in [0.05, 0.1) is 0 Å². The van der Waals surface area contributed by atoms with Crippen LogP contribution in [0.2, 0.25) is 0 Å². The fourth-order valence-electron chi connectivity index (χ4n) is 2.76. The maximum atomic E-state index is 11.6. The van der Waals surface area contributed by atoms with Crippen LogP contribution in [0, 0.1) is 5.41 Å². The van der Waals surface area contributed by atoms with Gasteiger partial charge in [0.25, 0.3) is 0 Å². The van der Waals surface area contributed by atoms with Crippen molar-refractivity contribution >= 4 is 11.8 Å². The van der Waals surface area contributed by atoms with Crippen LogP contribution in [0.5, 0.6) is 0 Å². The molecule has 0 bridgehead atoms. The summed E-state index contributed by atoms with van der Waals surface area (Å²) in [6, 6.07) is 10.5. The molecule has 0 radical (unpaired) electrons. The van der Waals surface area contributed by atoms with E-state index in [9.17, 15) is 9.59 Å². The third-order valence-corrected chi connectivity index (χ3v) is 3.84. The molecule has 1 aromatic rings. The van der Waals surface area contributed by atoms with Gasteiger partial charge in [-0.1, -0.05) is 51.1 Å². The summed E-state index contributed by atoms with van der Waals surface area (Å²) in [6.07, 6.45) is 0.723. The third-order valence-electron chi connectivity index (χ3n) is 3.84. The molecule has 1 N–H and O–H groups in total. The van der Waals surface area contributed by atoms with Crippen molar-refractivity contribution in [2.45, 2.75) is 39.7 Å². The van der Waals surface area contributed by atoms with Gasteiger partial charge in [0.1, 0.15) is 0 Å². The van der Waals surface area contributed by atoms with Crippen molar-refractivity contribution in [2.24, 2.45) is 5.41 Å². The third kappa shape index (κ3) is 3.91. The number of hydrogen-bond donors (Lipinski definition) is 1. The zero-order valence-corrected chi connectivity index (χ0v) is 13.1. The second kappa shape index (κ2) is 6.39. The Bertz CT molecular complexity index is 489. The second-order valence-corrected chi connectivity index (χ2v) is 6.60. The lowest BCUT2D eigenvalue weighted by molar-refractivity contribution is -0.138. The highest BCUT2D eigenvalue weighted by atomic mass is 16.2. The fraction of sp³-hybridized carbons (Fsp3) is 0.529. The molecule has 0 saturated carbocycles. The van der Waals surface area contributed by atoms with E-state index in [1.807, 2.05) is 18.2 Å². The van der Waals surface area contributed by atoms with Crippen LogP contribution in [0.4, 0.5) is 0 Å². The van der Waals surface area contributed by atoms with Gasteiger partial charge in [-0.15, -0.1) is 0 Å². The highest BCUT2D eigenvalue weighted by molar-refractivity contribution is 6.01. The Kier molecular flexibility index (Phi) is 4.78. The van der Waals surface area contributed by atoms with Crippen LogP contribution in [-0.4, -0.2) is 29.8 Å². The highest BCUT2D eigenvalue weighted by Gasteiger charge is 2.30. The van der Waals surface area contributed by atoms with Gasteiger partial charge in [0, 0.05) is 32.0 Å². The molecule has 0 spiro atoms. The summed E-state index contributed by atoms with van der Waals surface area (Å²) in [5.41, 5.74) is 1.28. The monoisotopic (exact) mass is 288 g/mol. The molecule has 1 saturated heterocycles. The Labute approximate surface area is 126 Å². The van der Waals surface area contributed by atoms with Crippen molar-refractivity contribution in [2.75, 3.05) is 13.1 Å². The number of carbonyl (C=O) groups excluding carboxylic acids is 2. The first-order chi connectivity index (χ1) is 9.89. The Balaban J connectivity index is 1.98. The average molecular weight is 288 g/mol. The molecule has 1 fully saturated rings. The van der Waals surface area contributed by atoms with Crippen LogP contribution < -0.4 is 5.32 Å². The van der Waals surface area contributed by atoms with E-state index < -0.39 is 0 Å². The molecule has 4 nitrogen and oxygen atoms in total. The summed E-state index contributed by atoms with van der Waals surface area (Å²) in [7, 11) is 0. The number of likely N-dealkylation sites (tertiary alicyclic amines) is 1. The zero-order chi connectivity index (χ0) is 15.5. The Morgan fingerprint density at radius 2 is 1.67 bits per heavy atom.